The Labute approximate surface area is 157 Å². The lowest BCUT2D eigenvalue weighted by Crippen LogP contribution is -2.41. The molecule has 0 atom stereocenters. The van der Waals surface area contributed by atoms with Gasteiger partial charge in [-0.1, -0.05) is 12.1 Å². The van der Waals surface area contributed by atoms with Crippen LogP contribution in [0.25, 0.3) is 0 Å². The van der Waals surface area contributed by atoms with Gasteiger partial charge in [0.05, 0.1) is 17.8 Å². The Morgan fingerprint density at radius 2 is 1.77 bits per heavy atom. The highest BCUT2D eigenvalue weighted by Gasteiger charge is 2.12. The second kappa shape index (κ2) is 10.3. The number of urea groups is 1. The van der Waals surface area contributed by atoms with E-state index < -0.39 is 24.5 Å². The molecule has 2 rings (SSSR count). The minimum atomic E-state index is -0.732. The highest BCUT2D eigenvalue weighted by Crippen LogP contribution is 2.08. The van der Waals surface area contributed by atoms with E-state index in [-0.39, 0.29) is 18.9 Å². The summed E-state index contributed by atoms with van der Waals surface area (Å²) in [6.45, 7) is -0.164. The summed E-state index contributed by atoms with van der Waals surface area (Å²) in [5, 5.41) is 10.8. The minimum Gasteiger partial charge on any atom is -0.456 e. The fraction of sp³-hybridized carbons (Fsp3) is 0.250. The maximum Gasteiger partial charge on any atom is 0.321 e. The number of nitrogens with one attached hydrogen (secondary N) is 3. The quantitative estimate of drug-likeness (QED) is 0.586. The molecule has 0 aliphatic carbocycles. The maximum atomic E-state index is 11.7. The average molecular weight is 395 g/mol. The predicted molar refractivity (Wildman–Crippen MR) is 96.9 cm³/mol. The number of ether oxygens (including phenoxy) is 1. The molecule has 0 aliphatic heterocycles. The summed E-state index contributed by atoms with van der Waals surface area (Å²) >= 11 is 2.77. The van der Waals surface area contributed by atoms with Gasteiger partial charge < -0.3 is 15.4 Å². The Morgan fingerprint density at radius 1 is 1.00 bits per heavy atom. The molecule has 2 aromatic rings. The molecule has 4 amide bonds. The normalized spacial score (nSPS) is 10.0. The summed E-state index contributed by atoms with van der Waals surface area (Å²) in [6.07, 6.45) is -0.0744. The van der Waals surface area contributed by atoms with Crippen LogP contribution in [0, 0.1) is 0 Å². The van der Waals surface area contributed by atoms with Crippen LogP contribution < -0.4 is 16.0 Å². The summed E-state index contributed by atoms with van der Waals surface area (Å²) in [5.74, 6) is -1.65. The second-order valence-corrected chi connectivity index (χ2v) is 6.93. The summed E-state index contributed by atoms with van der Waals surface area (Å²) in [4.78, 5) is 47.8. The third-order valence-electron chi connectivity index (χ3n) is 2.98. The zero-order chi connectivity index (χ0) is 18.8. The van der Waals surface area contributed by atoms with Crippen molar-refractivity contribution in [1.82, 2.24) is 16.0 Å². The van der Waals surface area contributed by atoms with Crippen LogP contribution in [0.5, 0.6) is 0 Å². The van der Waals surface area contributed by atoms with Gasteiger partial charge in [-0.15, -0.1) is 22.7 Å². The number of imide groups is 1. The molecule has 0 saturated heterocycles. The number of carbonyl (C=O) groups is 4. The highest BCUT2D eigenvalue weighted by atomic mass is 32.1. The fourth-order valence-corrected chi connectivity index (χ4v) is 3.06. The van der Waals surface area contributed by atoms with Gasteiger partial charge in [0.15, 0.2) is 6.61 Å². The van der Waals surface area contributed by atoms with E-state index in [9.17, 15) is 19.2 Å². The van der Waals surface area contributed by atoms with Crippen LogP contribution in [0.1, 0.15) is 21.0 Å². The third kappa shape index (κ3) is 7.03. The van der Waals surface area contributed by atoms with Crippen molar-refractivity contribution in [3.05, 3.63) is 44.8 Å². The molecule has 0 spiro atoms. The molecule has 0 aliphatic rings. The molecular formula is C16H17N3O5S2. The fourth-order valence-electron chi connectivity index (χ4n) is 1.78. The van der Waals surface area contributed by atoms with Crippen LogP contribution in [-0.2, 0) is 20.9 Å². The molecule has 0 saturated carbocycles. The van der Waals surface area contributed by atoms with Crippen LogP contribution in [-0.4, -0.2) is 37.0 Å². The van der Waals surface area contributed by atoms with E-state index >= 15 is 0 Å². The molecule has 0 radical (unpaired) electrons. The van der Waals surface area contributed by atoms with Crippen LogP contribution in [0.15, 0.2) is 35.0 Å². The molecule has 0 bridgehead atoms. The molecule has 2 aromatic heterocycles. The monoisotopic (exact) mass is 395 g/mol. The van der Waals surface area contributed by atoms with E-state index in [0.717, 1.165) is 4.88 Å². The van der Waals surface area contributed by atoms with Crippen LogP contribution in [0.3, 0.4) is 0 Å². The van der Waals surface area contributed by atoms with E-state index in [2.05, 4.69) is 16.0 Å². The van der Waals surface area contributed by atoms with Gasteiger partial charge in [-0.3, -0.25) is 19.7 Å². The van der Waals surface area contributed by atoms with Crippen molar-refractivity contribution < 1.29 is 23.9 Å². The predicted octanol–water partition coefficient (Wildman–Crippen LogP) is 1.50. The molecule has 10 heteroatoms. The van der Waals surface area contributed by atoms with Gasteiger partial charge >= 0.3 is 12.0 Å². The molecule has 8 nitrogen and oxygen atoms in total. The average Bonchev–Trinajstić information content (AvgIpc) is 3.31. The summed E-state index contributed by atoms with van der Waals surface area (Å²) < 4.78 is 4.75. The minimum absolute atomic E-state index is 0.0744. The number of amides is 4. The molecule has 26 heavy (non-hydrogen) atoms. The number of rotatable bonds is 8. The van der Waals surface area contributed by atoms with Crippen LogP contribution >= 0.6 is 22.7 Å². The topological polar surface area (TPSA) is 114 Å². The van der Waals surface area contributed by atoms with Crippen molar-refractivity contribution in [2.75, 3.05) is 13.2 Å². The largest absolute Gasteiger partial charge is 0.456 e. The Kier molecular flexibility index (Phi) is 7.77. The first-order chi connectivity index (χ1) is 12.5. The smallest absolute Gasteiger partial charge is 0.321 e. The lowest BCUT2D eigenvalue weighted by atomic mass is 10.4. The number of carbonyl (C=O) groups excluding carboxylic acids is 4. The molecule has 0 fully saturated rings. The van der Waals surface area contributed by atoms with Gasteiger partial charge in [-0.05, 0) is 22.9 Å². The first-order valence-electron chi connectivity index (χ1n) is 7.62. The van der Waals surface area contributed by atoms with Crippen LogP contribution in [0.2, 0.25) is 0 Å². The standard InChI is InChI=1S/C16H17N3O5S2/c20-13(19-16(23)18-9-11-3-1-7-25-11)10-24-14(21)5-6-17-15(22)12-4-2-8-26-12/h1-4,7-8H,5-6,9-10H2,(H,17,22)(H2,18,19,20,23). The van der Waals surface area contributed by atoms with Crippen molar-refractivity contribution in [3.63, 3.8) is 0 Å². The van der Waals surface area contributed by atoms with Gasteiger partial charge in [-0.25, -0.2) is 4.79 Å². The lowest BCUT2D eigenvalue weighted by molar-refractivity contribution is -0.148. The van der Waals surface area contributed by atoms with Crippen molar-refractivity contribution in [2.24, 2.45) is 0 Å². The van der Waals surface area contributed by atoms with Gasteiger partial charge in [0, 0.05) is 11.4 Å². The molecule has 2 heterocycles. The Hall–Kier alpha value is -2.72. The maximum absolute atomic E-state index is 11.7. The summed E-state index contributed by atoms with van der Waals surface area (Å²) in [7, 11) is 0. The van der Waals surface area contributed by atoms with E-state index in [0.29, 0.717) is 11.4 Å². The van der Waals surface area contributed by atoms with E-state index in [1.54, 1.807) is 17.5 Å². The van der Waals surface area contributed by atoms with Gasteiger partial charge in [0.1, 0.15) is 0 Å². The summed E-state index contributed by atoms with van der Waals surface area (Å²) in [5.41, 5.74) is 0. The van der Waals surface area contributed by atoms with Gasteiger partial charge in [0.2, 0.25) is 0 Å². The van der Waals surface area contributed by atoms with Crippen LogP contribution in [0.4, 0.5) is 4.79 Å². The first kappa shape index (κ1) is 19.6. The summed E-state index contributed by atoms with van der Waals surface area (Å²) in [6, 6.07) is 6.47. The zero-order valence-corrected chi connectivity index (χ0v) is 15.3. The number of hydrogen-bond acceptors (Lipinski definition) is 7. The zero-order valence-electron chi connectivity index (χ0n) is 13.7. The molecule has 0 unspecified atom stereocenters. The number of thiophene rings is 2. The Balaban J connectivity index is 1.55. The van der Waals surface area contributed by atoms with Crippen molar-refractivity contribution in [3.8, 4) is 0 Å². The second-order valence-electron chi connectivity index (χ2n) is 4.95. The van der Waals surface area contributed by atoms with Crippen molar-refractivity contribution in [2.45, 2.75) is 13.0 Å². The van der Waals surface area contributed by atoms with Gasteiger partial charge in [-0.2, -0.15) is 0 Å². The Bertz CT molecular complexity index is 744. The molecule has 0 aromatic carbocycles. The van der Waals surface area contributed by atoms with Crippen molar-refractivity contribution in [1.29, 1.82) is 0 Å². The molecular weight excluding hydrogens is 378 g/mol. The van der Waals surface area contributed by atoms with E-state index in [4.69, 9.17) is 4.74 Å². The van der Waals surface area contributed by atoms with Crippen molar-refractivity contribution >= 4 is 46.5 Å². The number of esters is 1. The molecule has 3 N–H and O–H groups in total. The molecule has 138 valence electrons. The lowest BCUT2D eigenvalue weighted by Gasteiger charge is -2.07. The van der Waals surface area contributed by atoms with E-state index in [1.807, 2.05) is 17.5 Å². The first-order valence-corrected chi connectivity index (χ1v) is 9.38. The third-order valence-corrected chi connectivity index (χ3v) is 4.73. The van der Waals surface area contributed by atoms with E-state index in [1.165, 1.54) is 22.7 Å². The Morgan fingerprint density at radius 3 is 2.46 bits per heavy atom. The van der Waals surface area contributed by atoms with Gasteiger partial charge in [0.25, 0.3) is 11.8 Å². The highest BCUT2D eigenvalue weighted by molar-refractivity contribution is 7.12. The number of hydrogen-bond donors (Lipinski definition) is 3. The SMILES string of the molecule is O=C(COC(=O)CCNC(=O)c1cccs1)NC(=O)NCc1cccs1.